The lowest BCUT2D eigenvalue weighted by Crippen LogP contribution is -2.40. The van der Waals surface area contributed by atoms with Crippen LogP contribution in [0.3, 0.4) is 0 Å². The molecule has 0 radical (unpaired) electrons. The molecule has 0 rings (SSSR count). The van der Waals surface area contributed by atoms with E-state index >= 15 is 0 Å². The van der Waals surface area contributed by atoms with Gasteiger partial charge in [-0.2, -0.15) is 0 Å². The molecule has 0 aromatic heterocycles. The van der Waals surface area contributed by atoms with Crippen molar-refractivity contribution < 1.29 is 14.7 Å². The van der Waals surface area contributed by atoms with E-state index in [2.05, 4.69) is 29.2 Å². The largest absolute Gasteiger partial charge is 0.480 e. The Morgan fingerprint density at radius 1 is 0.833 bits per heavy atom. The number of hydrogen-bond donors (Lipinski definition) is 3. The van der Waals surface area contributed by atoms with Crippen LogP contribution in [0.1, 0.15) is 116 Å². The van der Waals surface area contributed by atoms with E-state index in [-0.39, 0.29) is 5.91 Å². The molecule has 0 unspecified atom stereocenters. The van der Waals surface area contributed by atoms with Gasteiger partial charge in [-0.15, -0.1) is 0 Å². The van der Waals surface area contributed by atoms with E-state index < -0.39 is 12.0 Å². The highest BCUT2D eigenvalue weighted by atomic mass is 35.5. The molecule has 1 amide bonds. The molecule has 0 aliphatic rings. The van der Waals surface area contributed by atoms with Gasteiger partial charge in [0, 0.05) is 13.0 Å². The van der Waals surface area contributed by atoms with Crippen LogP contribution in [0.5, 0.6) is 0 Å². The number of unbranched alkanes of at least 4 members (excludes halogenated alkanes) is 12. The number of amides is 1. The van der Waals surface area contributed by atoms with Gasteiger partial charge in [-0.1, -0.05) is 70.4 Å². The second-order valence-corrected chi connectivity index (χ2v) is 8.44. The lowest BCUT2D eigenvalue weighted by Gasteiger charge is -2.14. The van der Waals surface area contributed by atoms with Crippen molar-refractivity contribution >= 4 is 23.7 Å². The first-order valence-electron chi connectivity index (χ1n) is 12.1. The van der Waals surface area contributed by atoms with Crippen LogP contribution in [0.25, 0.3) is 0 Å². The number of halogens is 1. The summed E-state index contributed by atoms with van der Waals surface area (Å²) >= 11 is 5.38. The Hall–Kier alpha value is -1.07. The maximum absolute atomic E-state index is 12.0. The maximum atomic E-state index is 12.0. The molecule has 176 valence electrons. The van der Waals surface area contributed by atoms with Gasteiger partial charge in [0.2, 0.25) is 5.91 Å². The van der Waals surface area contributed by atoms with Crippen molar-refractivity contribution in [2.24, 2.45) is 0 Å². The predicted octanol–water partition coefficient (Wildman–Crippen LogP) is 6.51. The summed E-state index contributed by atoms with van der Waals surface area (Å²) in [6, 6.07) is -0.795. The van der Waals surface area contributed by atoms with E-state index in [1.807, 2.05) is 0 Å². The van der Waals surface area contributed by atoms with Crippen LogP contribution in [-0.2, 0) is 9.59 Å². The fraction of sp³-hybridized carbons (Fsp3) is 0.833. The molecule has 0 aliphatic carbocycles. The number of aliphatic carboxylic acids is 1. The number of nitrogens with one attached hydrogen (secondary N) is 2. The maximum Gasteiger partial charge on any atom is 0.326 e. The van der Waals surface area contributed by atoms with E-state index in [0.29, 0.717) is 25.8 Å². The van der Waals surface area contributed by atoms with Crippen molar-refractivity contribution in [3.63, 3.8) is 0 Å². The van der Waals surface area contributed by atoms with Crippen LogP contribution < -0.4 is 10.2 Å². The Balaban J connectivity index is 3.54. The molecule has 0 bridgehead atoms. The van der Waals surface area contributed by atoms with Gasteiger partial charge >= 0.3 is 5.97 Å². The Labute approximate surface area is 189 Å². The van der Waals surface area contributed by atoms with Crippen molar-refractivity contribution in [1.82, 2.24) is 10.2 Å². The molecular formula is C24H45ClN2O3. The quantitative estimate of drug-likeness (QED) is 0.101. The second kappa shape index (κ2) is 22.6. The minimum Gasteiger partial charge on any atom is -0.480 e. The Kier molecular flexibility index (Phi) is 21.8. The molecule has 0 fully saturated rings. The third kappa shape index (κ3) is 20.2. The van der Waals surface area contributed by atoms with Crippen LogP contribution >= 0.6 is 11.8 Å². The first-order chi connectivity index (χ1) is 14.6. The molecule has 30 heavy (non-hydrogen) atoms. The van der Waals surface area contributed by atoms with Crippen molar-refractivity contribution in [2.75, 3.05) is 6.54 Å². The normalized spacial score (nSPS) is 12.3. The topological polar surface area (TPSA) is 78.4 Å². The van der Waals surface area contributed by atoms with Crippen LogP contribution in [0, 0.1) is 0 Å². The smallest absolute Gasteiger partial charge is 0.326 e. The summed E-state index contributed by atoms with van der Waals surface area (Å²) in [5.74, 6) is -1.12. The molecule has 0 aromatic rings. The molecule has 6 heteroatoms. The van der Waals surface area contributed by atoms with Gasteiger partial charge in [0.05, 0.1) is 0 Å². The fourth-order valence-corrected chi connectivity index (χ4v) is 3.55. The molecule has 3 N–H and O–H groups in total. The number of carboxylic acids is 1. The van der Waals surface area contributed by atoms with E-state index in [4.69, 9.17) is 11.8 Å². The summed E-state index contributed by atoms with van der Waals surface area (Å²) in [4.78, 5) is 25.7. The molecule has 0 aromatic carbocycles. The first-order valence-corrected chi connectivity index (χ1v) is 12.5. The van der Waals surface area contributed by atoms with Gasteiger partial charge in [-0.05, 0) is 63.1 Å². The Morgan fingerprint density at radius 2 is 1.40 bits per heavy atom. The van der Waals surface area contributed by atoms with Crippen LogP contribution in [-0.4, -0.2) is 29.6 Å². The number of carbonyl (C=O) groups excluding carboxylic acids is 1. The summed E-state index contributed by atoms with van der Waals surface area (Å²) in [5.41, 5.74) is 0. The predicted molar refractivity (Wildman–Crippen MR) is 127 cm³/mol. The van der Waals surface area contributed by atoms with Gasteiger partial charge < -0.3 is 10.4 Å². The molecule has 0 saturated heterocycles. The first kappa shape index (κ1) is 28.9. The van der Waals surface area contributed by atoms with Crippen LogP contribution in [0.15, 0.2) is 12.2 Å². The highest BCUT2D eigenvalue weighted by Gasteiger charge is 2.18. The van der Waals surface area contributed by atoms with Gasteiger partial charge in [-0.3, -0.25) is 4.79 Å². The molecular weight excluding hydrogens is 400 g/mol. The zero-order valence-corrected chi connectivity index (χ0v) is 19.9. The monoisotopic (exact) mass is 444 g/mol. The minimum atomic E-state index is -0.966. The van der Waals surface area contributed by atoms with Gasteiger partial charge in [0.25, 0.3) is 0 Å². The van der Waals surface area contributed by atoms with Gasteiger partial charge in [0.1, 0.15) is 6.04 Å². The molecule has 0 aliphatic heterocycles. The summed E-state index contributed by atoms with van der Waals surface area (Å²) in [5, 5.41) is 11.9. The van der Waals surface area contributed by atoms with E-state index in [1.165, 1.54) is 57.8 Å². The average Bonchev–Trinajstić information content (AvgIpc) is 2.73. The number of carboxylic acid groups (broad SMARTS) is 1. The lowest BCUT2D eigenvalue weighted by atomic mass is 10.1. The summed E-state index contributed by atoms with van der Waals surface area (Å²) in [7, 11) is 0. The summed E-state index contributed by atoms with van der Waals surface area (Å²) in [6.07, 6.45) is 22.8. The highest BCUT2D eigenvalue weighted by molar-refractivity contribution is 6.13. The Morgan fingerprint density at radius 3 is 1.97 bits per heavy atom. The highest BCUT2D eigenvalue weighted by Crippen LogP contribution is 2.10. The SMILES string of the molecule is CCCCCCCC/C=C\CCCCCCCC(=O)N[C@@H](CCCCNCl)C(=O)O. The molecule has 0 spiro atoms. The number of allylic oxidation sites excluding steroid dienone is 2. The fourth-order valence-electron chi connectivity index (χ4n) is 3.42. The minimum absolute atomic E-state index is 0.157. The summed E-state index contributed by atoms with van der Waals surface area (Å²) in [6.45, 7) is 2.89. The zero-order chi connectivity index (χ0) is 22.3. The van der Waals surface area contributed by atoms with Crippen molar-refractivity contribution in [3.8, 4) is 0 Å². The number of hydrogen-bond acceptors (Lipinski definition) is 3. The average molecular weight is 445 g/mol. The van der Waals surface area contributed by atoms with Gasteiger partial charge in [0.15, 0.2) is 0 Å². The molecule has 1 atom stereocenters. The number of carbonyl (C=O) groups is 2. The standard InChI is InChI=1S/C24H45ClN2O3/c1-2-3-4-5-6-7-8-9-10-11-12-13-14-15-16-20-23(28)27-22(24(29)30)19-17-18-21-26-25/h9-10,22,26H,2-8,11-21H2,1H3,(H,27,28)(H,29,30)/b10-9-/t22-/m0/s1. The lowest BCUT2D eigenvalue weighted by molar-refractivity contribution is -0.142. The third-order valence-electron chi connectivity index (χ3n) is 5.31. The Bertz CT molecular complexity index is 444. The van der Waals surface area contributed by atoms with Crippen molar-refractivity contribution in [2.45, 2.75) is 122 Å². The molecule has 0 saturated carbocycles. The molecule has 5 nitrogen and oxygen atoms in total. The zero-order valence-electron chi connectivity index (χ0n) is 19.1. The van der Waals surface area contributed by atoms with Crippen LogP contribution in [0.4, 0.5) is 0 Å². The number of rotatable bonds is 22. The van der Waals surface area contributed by atoms with E-state index in [9.17, 15) is 14.7 Å². The van der Waals surface area contributed by atoms with Crippen molar-refractivity contribution in [1.29, 1.82) is 0 Å². The van der Waals surface area contributed by atoms with Crippen LogP contribution in [0.2, 0.25) is 0 Å². The molecule has 0 heterocycles. The van der Waals surface area contributed by atoms with E-state index in [0.717, 1.165) is 32.1 Å². The van der Waals surface area contributed by atoms with Gasteiger partial charge in [-0.25, -0.2) is 9.63 Å². The van der Waals surface area contributed by atoms with E-state index in [1.54, 1.807) is 0 Å². The second-order valence-electron chi connectivity index (χ2n) is 8.17. The van der Waals surface area contributed by atoms with Crippen molar-refractivity contribution in [3.05, 3.63) is 12.2 Å². The third-order valence-corrected chi connectivity index (χ3v) is 5.50. The summed E-state index contributed by atoms with van der Waals surface area (Å²) < 4.78 is 0.